The summed E-state index contributed by atoms with van der Waals surface area (Å²) in [5, 5.41) is 11.0. The molecule has 0 aliphatic carbocycles. The first-order valence-corrected chi connectivity index (χ1v) is 9.32. The summed E-state index contributed by atoms with van der Waals surface area (Å²) in [5.41, 5.74) is 4.48. The lowest BCUT2D eigenvalue weighted by atomic mass is 9.96. The molecule has 24 heavy (non-hydrogen) atoms. The van der Waals surface area contributed by atoms with E-state index in [0.29, 0.717) is 11.0 Å². The van der Waals surface area contributed by atoms with E-state index in [4.69, 9.17) is 0 Å². The van der Waals surface area contributed by atoms with Gasteiger partial charge in [0, 0.05) is 31.9 Å². The monoisotopic (exact) mass is 343 g/mol. The Morgan fingerprint density at radius 2 is 2.08 bits per heavy atom. The molecule has 2 aliphatic heterocycles. The van der Waals surface area contributed by atoms with Crippen molar-refractivity contribution in [1.82, 2.24) is 15.1 Å². The Kier molecular flexibility index (Phi) is 4.34. The van der Waals surface area contributed by atoms with Gasteiger partial charge in [-0.3, -0.25) is 5.32 Å². The van der Waals surface area contributed by atoms with Crippen LogP contribution in [0.3, 0.4) is 0 Å². The van der Waals surface area contributed by atoms with Crippen LogP contribution in [0.5, 0.6) is 0 Å². The molecular formula is C17H21N5OS. The van der Waals surface area contributed by atoms with E-state index in [0.717, 1.165) is 45.4 Å². The second kappa shape index (κ2) is 6.76. The van der Waals surface area contributed by atoms with E-state index in [1.54, 1.807) is 5.51 Å². The van der Waals surface area contributed by atoms with Gasteiger partial charge in [0.2, 0.25) is 5.13 Å². The van der Waals surface area contributed by atoms with Crippen molar-refractivity contribution in [2.24, 2.45) is 5.92 Å². The molecule has 1 N–H and O–H groups in total. The van der Waals surface area contributed by atoms with Crippen molar-refractivity contribution in [3.63, 3.8) is 0 Å². The third-order valence-electron chi connectivity index (χ3n) is 4.94. The van der Waals surface area contributed by atoms with Gasteiger partial charge in [0.15, 0.2) is 0 Å². The number of hydrogen-bond donors (Lipinski definition) is 1. The number of carbonyl (C=O) groups is 1. The first-order valence-electron chi connectivity index (χ1n) is 8.44. The van der Waals surface area contributed by atoms with Crippen molar-refractivity contribution in [3.8, 4) is 0 Å². The molecule has 0 bridgehead atoms. The minimum atomic E-state index is -0.0586. The molecular weight excluding hydrogens is 322 g/mol. The van der Waals surface area contributed by atoms with E-state index in [1.165, 1.54) is 22.6 Å². The molecule has 1 saturated heterocycles. The van der Waals surface area contributed by atoms with Gasteiger partial charge < -0.3 is 9.80 Å². The number of aromatic nitrogens is 2. The number of nitrogens with zero attached hydrogens (tertiary/aromatic N) is 4. The Morgan fingerprint density at radius 1 is 1.25 bits per heavy atom. The number of anilines is 2. The highest BCUT2D eigenvalue weighted by Gasteiger charge is 2.27. The molecule has 0 spiro atoms. The highest BCUT2D eigenvalue weighted by molar-refractivity contribution is 7.13. The van der Waals surface area contributed by atoms with E-state index < -0.39 is 0 Å². The van der Waals surface area contributed by atoms with E-state index in [2.05, 4.69) is 44.7 Å². The van der Waals surface area contributed by atoms with Crippen molar-refractivity contribution in [2.45, 2.75) is 19.3 Å². The molecule has 7 heteroatoms. The molecule has 2 aromatic rings. The fourth-order valence-electron chi connectivity index (χ4n) is 3.62. The van der Waals surface area contributed by atoms with Crippen molar-refractivity contribution in [1.29, 1.82) is 0 Å². The molecule has 1 aromatic heterocycles. The maximum Gasteiger partial charge on any atom is 0.323 e. The highest BCUT2D eigenvalue weighted by Crippen LogP contribution is 2.30. The molecule has 0 saturated carbocycles. The smallest absolute Gasteiger partial charge is 0.323 e. The SMILES string of the molecule is O=C(Nc1nncs1)N1CCC(CN2CCc3ccccc32)CC1. The lowest BCUT2D eigenvalue weighted by molar-refractivity contribution is 0.183. The van der Waals surface area contributed by atoms with Crippen LogP contribution in [0, 0.1) is 5.92 Å². The number of benzene rings is 1. The van der Waals surface area contributed by atoms with Crippen molar-refractivity contribution >= 4 is 28.2 Å². The first kappa shape index (κ1) is 15.4. The second-order valence-corrected chi connectivity index (χ2v) is 7.26. The molecule has 0 unspecified atom stereocenters. The van der Waals surface area contributed by atoms with Gasteiger partial charge in [0.05, 0.1) is 0 Å². The van der Waals surface area contributed by atoms with Gasteiger partial charge in [-0.05, 0) is 36.8 Å². The summed E-state index contributed by atoms with van der Waals surface area (Å²) in [4.78, 5) is 16.6. The van der Waals surface area contributed by atoms with Gasteiger partial charge in [-0.15, -0.1) is 10.2 Å². The Bertz CT molecular complexity index is 697. The predicted octanol–water partition coefficient (Wildman–Crippen LogP) is 2.84. The van der Waals surface area contributed by atoms with E-state index in [9.17, 15) is 4.79 Å². The number of urea groups is 1. The lowest BCUT2D eigenvalue weighted by Crippen LogP contribution is -2.43. The Hall–Kier alpha value is -2.15. The average molecular weight is 343 g/mol. The van der Waals surface area contributed by atoms with E-state index in [1.807, 2.05) is 4.90 Å². The van der Waals surface area contributed by atoms with Crippen molar-refractivity contribution in [3.05, 3.63) is 35.3 Å². The zero-order valence-corrected chi connectivity index (χ0v) is 14.3. The van der Waals surface area contributed by atoms with Crippen LogP contribution >= 0.6 is 11.3 Å². The molecule has 2 aliphatic rings. The maximum absolute atomic E-state index is 12.2. The van der Waals surface area contributed by atoms with Gasteiger partial charge in [-0.1, -0.05) is 29.5 Å². The van der Waals surface area contributed by atoms with Crippen LogP contribution in [0.15, 0.2) is 29.8 Å². The number of nitrogens with one attached hydrogen (secondary N) is 1. The Balaban J connectivity index is 1.28. The molecule has 4 rings (SSSR count). The summed E-state index contributed by atoms with van der Waals surface area (Å²) in [5.74, 6) is 0.654. The molecule has 3 heterocycles. The van der Waals surface area contributed by atoms with Crippen molar-refractivity contribution < 1.29 is 4.79 Å². The summed E-state index contributed by atoms with van der Waals surface area (Å²) < 4.78 is 0. The zero-order valence-electron chi connectivity index (χ0n) is 13.5. The summed E-state index contributed by atoms with van der Waals surface area (Å²) in [6, 6.07) is 8.65. The standard InChI is InChI=1S/C17H21N5OS/c23-17(19-16-20-18-12-24-16)21-8-5-13(6-9-21)11-22-10-7-14-3-1-2-4-15(14)22/h1-4,12-13H,5-11H2,(H,19,20,23). The highest BCUT2D eigenvalue weighted by atomic mass is 32.1. The predicted molar refractivity (Wildman–Crippen MR) is 95.6 cm³/mol. The number of hydrogen-bond acceptors (Lipinski definition) is 5. The van der Waals surface area contributed by atoms with Crippen molar-refractivity contribution in [2.75, 3.05) is 36.4 Å². The first-order chi connectivity index (χ1) is 11.8. The third-order valence-corrected chi connectivity index (χ3v) is 5.54. The lowest BCUT2D eigenvalue weighted by Gasteiger charge is -2.34. The number of para-hydroxylation sites is 1. The number of piperidine rings is 1. The minimum Gasteiger partial charge on any atom is -0.371 e. The number of amides is 2. The molecule has 1 aromatic carbocycles. The van der Waals surface area contributed by atoms with Gasteiger partial charge in [0.1, 0.15) is 5.51 Å². The fourth-order valence-corrected chi connectivity index (χ4v) is 4.06. The van der Waals surface area contributed by atoms with E-state index in [-0.39, 0.29) is 6.03 Å². The molecule has 2 amide bonds. The number of carbonyl (C=O) groups excluding carboxylic acids is 1. The van der Waals surface area contributed by atoms with Crippen LogP contribution in [0.2, 0.25) is 0 Å². The van der Waals surface area contributed by atoms with Gasteiger partial charge in [-0.25, -0.2) is 4.79 Å². The van der Waals surface area contributed by atoms with Gasteiger partial charge >= 0.3 is 6.03 Å². The maximum atomic E-state index is 12.2. The van der Waals surface area contributed by atoms with E-state index >= 15 is 0 Å². The van der Waals surface area contributed by atoms with Gasteiger partial charge in [-0.2, -0.15) is 0 Å². The van der Waals surface area contributed by atoms with Crippen LogP contribution in [0.4, 0.5) is 15.6 Å². The quantitative estimate of drug-likeness (QED) is 0.931. The average Bonchev–Trinajstić information content (AvgIpc) is 3.26. The summed E-state index contributed by atoms with van der Waals surface area (Å²) >= 11 is 1.34. The minimum absolute atomic E-state index is 0.0586. The number of fused-ring (bicyclic) bond motifs is 1. The summed E-state index contributed by atoms with van der Waals surface area (Å²) in [7, 11) is 0. The topological polar surface area (TPSA) is 61.4 Å². The van der Waals surface area contributed by atoms with Crippen LogP contribution in [-0.4, -0.2) is 47.3 Å². The molecule has 126 valence electrons. The second-order valence-electron chi connectivity index (χ2n) is 6.43. The third kappa shape index (κ3) is 3.21. The summed E-state index contributed by atoms with van der Waals surface area (Å²) in [6.07, 6.45) is 3.27. The number of rotatable bonds is 3. The normalized spacial score (nSPS) is 17.8. The molecule has 0 radical (unpaired) electrons. The Morgan fingerprint density at radius 3 is 2.88 bits per heavy atom. The fraction of sp³-hybridized carbons (Fsp3) is 0.471. The van der Waals surface area contributed by atoms with Crippen LogP contribution in [0.25, 0.3) is 0 Å². The molecule has 1 fully saturated rings. The van der Waals surface area contributed by atoms with Gasteiger partial charge in [0.25, 0.3) is 0 Å². The summed E-state index contributed by atoms with van der Waals surface area (Å²) in [6.45, 7) is 3.84. The molecule has 6 nitrogen and oxygen atoms in total. The Labute approximate surface area is 145 Å². The van der Waals surface area contributed by atoms with Crippen LogP contribution < -0.4 is 10.2 Å². The largest absolute Gasteiger partial charge is 0.371 e. The zero-order chi connectivity index (χ0) is 16.4. The number of likely N-dealkylation sites (tertiary alicyclic amines) is 1. The molecule has 0 atom stereocenters. The van der Waals surface area contributed by atoms with Crippen LogP contribution in [-0.2, 0) is 6.42 Å². The van der Waals surface area contributed by atoms with Crippen LogP contribution in [0.1, 0.15) is 18.4 Å².